The van der Waals surface area contributed by atoms with Gasteiger partial charge in [0.25, 0.3) is 0 Å². The second-order valence-corrected chi connectivity index (χ2v) is 4.77. The Hall–Kier alpha value is -2.03. The van der Waals surface area contributed by atoms with Gasteiger partial charge in [0.15, 0.2) is 5.75 Å². The van der Waals surface area contributed by atoms with Gasteiger partial charge in [0.05, 0.1) is 30.5 Å². The van der Waals surface area contributed by atoms with E-state index in [0.29, 0.717) is 28.6 Å². The van der Waals surface area contributed by atoms with E-state index >= 15 is 0 Å². The molecule has 0 aliphatic heterocycles. The zero-order chi connectivity index (χ0) is 14.7. The summed E-state index contributed by atoms with van der Waals surface area (Å²) < 4.78 is 7.47. The topological polar surface area (TPSA) is 71.1 Å². The minimum atomic E-state index is 0.0111. The number of aliphatic hydroxyl groups excluding tert-OH is 1. The second kappa shape index (κ2) is 5.95. The fraction of sp³-hybridized carbons (Fsp3) is 0.286. The van der Waals surface area contributed by atoms with Crippen molar-refractivity contribution in [3.8, 4) is 17.6 Å². The van der Waals surface area contributed by atoms with Crippen molar-refractivity contribution in [2.45, 2.75) is 20.4 Å². The summed E-state index contributed by atoms with van der Waals surface area (Å²) in [5.41, 5.74) is 1.97. The van der Waals surface area contributed by atoms with Crippen molar-refractivity contribution in [3.63, 3.8) is 0 Å². The SMILES string of the molecule is Cc1nn(CCO)c(C)c1Oc1cc(Cl)cc(C#N)c1. The summed E-state index contributed by atoms with van der Waals surface area (Å²) in [7, 11) is 0. The molecule has 20 heavy (non-hydrogen) atoms. The first-order valence-electron chi connectivity index (χ1n) is 6.08. The molecule has 0 atom stereocenters. The molecule has 1 N–H and O–H groups in total. The van der Waals surface area contributed by atoms with Crippen LogP contribution in [0.3, 0.4) is 0 Å². The molecule has 0 bridgehead atoms. The molecule has 0 amide bonds. The molecule has 0 unspecified atom stereocenters. The van der Waals surface area contributed by atoms with Gasteiger partial charge in [-0.1, -0.05) is 11.6 Å². The van der Waals surface area contributed by atoms with Gasteiger partial charge in [-0.25, -0.2) is 0 Å². The van der Waals surface area contributed by atoms with Crippen LogP contribution in [0, 0.1) is 25.2 Å². The van der Waals surface area contributed by atoms with Crippen LogP contribution in [0.1, 0.15) is 17.0 Å². The van der Waals surface area contributed by atoms with Gasteiger partial charge < -0.3 is 9.84 Å². The third-order valence-corrected chi connectivity index (χ3v) is 3.07. The van der Waals surface area contributed by atoms with E-state index in [4.69, 9.17) is 26.7 Å². The molecule has 1 aromatic heterocycles. The van der Waals surface area contributed by atoms with Crippen LogP contribution in [0.15, 0.2) is 18.2 Å². The van der Waals surface area contributed by atoms with E-state index in [1.54, 1.807) is 22.9 Å². The Morgan fingerprint density at radius 2 is 2.15 bits per heavy atom. The molecule has 0 fully saturated rings. The standard InChI is InChI=1S/C14H14ClN3O2/c1-9-14(10(2)18(17-9)3-4-19)20-13-6-11(8-16)5-12(15)7-13/h5-7,19H,3-4H2,1-2H3. The van der Waals surface area contributed by atoms with Crippen LogP contribution in [-0.4, -0.2) is 21.5 Å². The van der Waals surface area contributed by atoms with Crippen LogP contribution in [0.4, 0.5) is 0 Å². The largest absolute Gasteiger partial charge is 0.453 e. The van der Waals surface area contributed by atoms with Crippen molar-refractivity contribution < 1.29 is 9.84 Å². The predicted octanol–water partition coefficient (Wildman–Crippen LogP) is 2.81. The first-order valence-corrected chi connectivity index (χ1v) is 6.46. The van der Waals surface area contributed by atoms with Crippen LogP contribution < -0.4 is 4.74 Å². The van der Waals surface area contributed by atoms with Gasteiger partial charge in [0.1, 0.15) is 11.4 Å². The Kier molecular flexibility index (Phi) is 4.28. The van der Waals surface area contributed by atoms with Crippen molar-refractivity contribution in [3.05, 3.63) is 40.2 Å². The number of benzene rings is 1. The summed E-state index contributed by atoms with van der Waals surface area (Å²) in [4.78, 5) is 0. The van der Waals surface area contributed by atoms with E-state index in [9.17, 15) is 0 Å². The molecule has 2 aromatic rings. The van der Waals surface area contributed by atoms with Crippen LogP contribution in [0.2, 0.25) is 5.02 Å². The highest BCUT2D eigenvalue weighted by Gasteiger charge is 2.14. The van der Waals surface area contributed by atoms with Crippen molar-refractivity contribution in [1.29, 1.82) is 5.26 Å². The van der Waals surface area contributed by atoms with E-state index in [0.717, 1.165) is 11.4 Å². The van der Waals surface area contributed by atoms with Gasteiger partial charge in [0.2, 0.25) is 0 Å². The molecule has 0 spiro atoms. The van der Waals surface area contributed by atoms with E-state index in [1.165, 1.54) is 0 Å². The number of aliphatic hydroxyl groups is 1. The first-order chi connectivity index (χ1) is 9.55. The fourth-order valence-electron chi connectivity index (χ4n) is 1.94. The zero-order valence-electron chi connectivity index (χ0n) is 11.2. The van der Waals surface area contributed by atoms with Crippen LogP contribution in [-0.2, 0) is 6.54 Å². The normalized spacial score (nSPS) is 10.3. The Labute approximate surface area is 122 Å². The van der Waals surface area contributed by atoms with E-state index < -0.39 is 0 Å². The summed E-state index contributed by atoms with van der Waals surface area (Å²) in [6.45, 7) is 4.11. The molecule has 0 radical (unpaired) electrons. The fourth-order valence-corrected chi connectivity index (χ4v) is 2.17. The molecule has 0 aliphatic carbocycles. The van der Waals surface area contributed by atoms with Gasteiger partial charge in [-0.2, -0.15) is 10.4 Å². The number of aromatic nitrogens is 2. The molecular formula is C14H14ClN3O2. The third kappa shape index (κ3) is 2.93. The lowest BCUT2D eigenvalue weighted by Gasteiger charge is -2.07. The number of nitrogens with zero attached hydrogens (tertiary/aromatic N) is 3. The maximum absolute atomic E-state index is 8.98. The molecule has 0 aliphatic rings. The summed E-state index contributed by atoms with van der Waals surface area (Å²) >= 11 is 5.94. The van der Waals surface area contributed by atoms with Gasteiger partial charge in [-0.3, -0.25) is 4.68 Å². The van der Waals surface area contributed by atoms with Gasteiger partial charge in [-0.15, -0.1) is 0 Å². The predicted molar refractivity (Wildman–Crippen MR) is 75.0 cm³/mol. The summed E-state index contributed by atoms with van der Waals surface area (Å²) in [6.07, 6.45) is 0. The molecule has 6 heteroatoms. The van der Waals surface area contributed by atoms with Crippen LogP contribution >= 0.6 is 11.6 Å². The molecular weight excluding hydrogens is 278 g/mol. The van der Waals surface area contributed by atoms with Crippen LogP contribution in [0.5, 0.6) is 11.5 Å². The van der Waals surface area contributed by atoms with Crippen molar-refractivity contribution in [2.75, 3.05) is 6.61 Å². The van der Waals surface area contributed by atoms with E-state index in [1.807, 2.05) is 19.9 Å². The lowest BCUT2D eigenvalue weighted by Crippen LogP contribution is -2.05. The molecule has 1 aromatic carbocycles. The van der Waals surface area contributed by atoms with Gasteiger partial charge in [0, 0.05) is 5.02 Å². The highest BCUT2D eigenvalue weighted by molar-refractivity contribution is 6.30. The molecule has 2 rings (SSSR count). The first kappa shape index (κ1) is 14.4. The Morgan fingerprint density at radius 1 is 1.40 bits per heavy atom. The maximum Gasteiger partial charge on any atom is 0.171 e. The third-order valence-electron chi connectivity index (χ3n) is 2.85. The number of nitriles is 1. The van der Waals surface area contributed by atoms with Crippen LogP contribution in [0.25, 0.3) is 0 Å². The summed E-state index contributed by atoms with van der Waals surface area (Å²) in [5.74, 6) is 1.11. The smallest absolute Gasteiger partial charge is 0.171 e. The Morgan fingerprint density at radius 3 is 2.80 bits per heavy atom. The highest BCUT2D eigenvalue weighted by atomic mass is 35.5. The number of rotatable bonds is 4. The van der Waals surface area contributed by atoms with Gasteiger partial charge >= 0.3 is 0 Å². The number of aryl methyl sites for hydroxylation is 1. The summed E-state index contributed by atoms with van der Waals surface area (Å²) in [6, 6.07) is 6.87. The number of halogens is 1. The van der Waals surface area contributed by atoms with Crippen molar-refractivity contribution >= 4 is 11.6 Å². The Balaban J connectivity index is 2.35. The summed E-state index contributed by atoms with van der Waals surface area (Å²) in [5, 5.41) is 22.6. The minimum Gasteiger partial charge on any atom is -0.453 e. The number of hydrogen-bond acceptors (Lipinski definition) is 4. The maximum atomic E-state index is 8.98. The average Bonchev–Trinajstić information content (AvgIpc) is 2.66. The average molecular weight is 292 g/mol. The molecule has 0 saturated heterocycles. The van der Waals surface area contributed by atoms with Gasteiger partial charge in [-0.05, 0) is 32.0 Å². The Bertz CT molecular complexity index is 674. The van der Waals surface area contributed by atoms with E-state index in [-0.39, 0.29) is 6.61 Å². The molecule has 0 saturated carbocycles. The lowest BCUT2D eigenvalue weighted by atomic mass is 10.2. The molecule has 1 heterocycles. The highest BCUT2D eigenvalue weighted by Crippen LogP contribution is 2.30. The monoisotopic (exact) mass is 291 g/mol. The molecule has 5 nitrogen and oxygen atoms in total. The number of ether oxygens (including phenoxy) is 1. The minimum absolute atomic E-state index is 0.0111. The van der Waals surface area contributed by atoms with Crippen molar-refractivity contribution in [1.82, 2.24) is 9.78 Å². The van der Waals surface area contributed by atoms with E-state index in [2.05, 4.69) is 5.10 Å². The lowest BCUT2D eigenvalue weighted by molar-refractivity contribution is 0.267. The molecule has 104 valence electrons. The van der Waals surface area contributed by atoms with Crippen molar-refractivity contribution in [2.24, 2.45) is 0 Å². The second-order valence-electron chi connectivity index (χ2n) is 4.34. The number of hydrogen-bond donors (Lipinski definition) is 1. The zero-order valence-corrected chi connectivity index (χ0v) is 12.0. The quantitative estimate of drug-likeness (QED) is 0.940.